The van der Waals surface area contributed by atoms with Gasteiger partial charge in [0, 0.05) is 6.54 Å². The number of hydrogen-bond acceptors (Lipinski definition) is 8. The number of aliphatic hydroxyl groups excluding tert-OH is 1. The van der Waals surface area contributed by atoms with Crippen molar-refractivity contribution in [1.29, 1.82) is 0 Å². The van der Waals surface area contributed by atoms with Crippen LogP contribution in [0.1, 0.15) is 39.0 Å². The molecule has 0 aromatic carbocycles. The minimum atomic E-state index is -1.41. The molecule has 14 nitrogen and oxygen atoms in total. The Morgan fingerprint density at radius 3 is 2.19 bits per heavy atom. The third-order valence-corrected chi connectivity index (χ3v) is 4.37. The fourth-order valence-electron chi connectivity index (χ4n) is 2.59. The van der Waals surface area contributed by atoms with Crippen molar-refractivity contribution < 1.29 is 29.4 Å². The molecular weight excluding hydrogens is 424 g/mol. The number of aliphatic carboxylic acids is 1. The van der Waals surface area contributed by atoms with E-state index in [1.165, 1.54) is 6.92 Å². The molecule has 3 amide bonds. The van der Waals surface area contributed by atoms with Gasteiger partial charge in [0.15, 0.2) is 5.96 Å². The second-order valence-electron chi connectivity index (χ2n) is 7.24. The summed E-state index contributed by atoms with van der Waals surface area (Å²) in [6.07, 6.45) is 0.647. The van der Waals surface area contributed by atoms with E-state index in [1.54, 1.807) is 0 Å². The lowest BCUT2D eigenvalue weighted by molar-refractivity contribution is -0.143. The monoisotopic (exact) mass is 460 g/mol. The van der Waals surface area contributed by atoms with Gasteiger partial charge >= 0.3 is 5.97 Å². The van der Waals surface area contributed by atoms with Gasteiger partial charge in [0.05, 0.1) is 18.7 Å². The average molecular weight is 461 g/mol. The van der Waals surface area contributed by atoms with Gasteiger partial charge in [0.25, 0.3) is 0 Å². The topological polar surface area (TPSA) is 261 Å². The van der Waals surface area contributed by atoms with E-state index in [1.807, 2.05) is 0 Å². The van der Waals surface area contributed by atoms with Gasteiger partial charge in [-0.25, -0.2) is 4.79 Å². The Balaban J connectivity index is 4.65. The lowest BCUT2D eigenvalue weighted by atomic mass is 10.1. The first-order valence-corrected chi connectivity index (χ1v) is 10.3. The van der Waals surface area contributed by atoms with E-state index in [2.05, 4.69) is 20.9 Å². The number of carboxylic acids is 1. The van der Waals surface area contributed by atoms with E-state index in [4.69, 9.17) is 22.9 Å². The Labute approximate surface area is 186 Å². The second-order valence-corrected chi connectivity index (χ2v) is 7.24. The molecule has 0 saturated heterocycles. The molecule has 0 aliphatic carbocycles. The number of aliphatic hydroxyl groups is 1. The standard InChI is InChI=1S/C18H36N8O6/c1-10(27)14(16(30)25-12(17(31)32)6-2-3-7-19)26-13(28)9-24-15(29)11(20)5-4-8-23-18(21)22/h10-12,14,27H,2-9,19-20H2,1H3,(H,24,29)(H,25,30)(H,26,28)(H,31,32)(H4,21,22,23). The van der Waals surface area contributed by atoms with Crippen LogP contribution in [0.15, 0.2) is 4.99 Å². The van der Waals surface area contributed by atoms with Gasteiger partial charge in [-0.2, -0.15) is 0 Å². The third-order valence-electron chi connectivity index (χ3n) is 4.37. The number of rotatable bonds is 16. The predicted molar refractivity (Wildman–Crippen MR) is 117 cm³/mol. The van der Waals surface area contributed by atoms with Gasteiger partial charge in [0.2, 0.25) is 17.7 Å². The first kappa shape index (κ1) is 29.0. The lowest BCUT2D eigenvalue weighted by Gasteiger charge is -2.23. The number of carboxylic acid groups (broad SMARTS) is 1. The molecule has 4 unspecified atom stereocenters. The maximum absolute atomic E-state index is 12.4. The Morgan fingerprint density at radius 2 is 1.66 bits per heavy atom. The van der Waals surface area contributed by atoms with Crippen LogP contribution in [0.25, 0.3) is 0 Å². The summed E-state index contributed by atoms with van der Waals surface area (Å²) in [5.41, 5.74) is 21.5. The molecule has 0 rings (SSSR count). The summed E-state index contributed by atoms with van der Waals surface area (Å²) in [4.78, 5) is 51.6. The van der Waals surface area contributed by atoms with Crippen molar-refractivity contribution in [2.24, 2.45) is 27.9 Å². The summed E-state index contributed by atoms with van der Waals surface area (Å²) < 4.78 is 0. The van der Waals surface area contributed by atoms with Crippen molar-refractivity contribution in [3.05, 3.63) is 0 Å². The van der Waals surface area contributed by atoms with Crippen LogP contribution in [0.5, 0.6) is 0 Å². The van der Waals surface area contributed by atoms with E-state index >= 15 is 0 Å². The number of nitrogens with one attached hydrogen (secondary N) is 3. The summed E-state index contributed by atoms with van der Waals surface area (Å²) in [7, 11) is 0. The molecule has 0 spiro atoms. The Kier molecular flexibility index (Phi) is 14.3. The number of unbranched alkanes of at least 4 members (excludes halogenated alkanes) is 1. The average Bonchev–Trinajstić information content (AvgIpc) is 2.71. The van der Waals surface area contributed by atoms with Crippen molar-refractivity contribution in [2.45, 2.75) is 63.3 Å². The molecule has 0 radical (unpaired) electrons. The van der Waals surface area contributed by atoms with Gasteiger partial charge in [-0.05, 0) is 45.6 Å². The maximum atomic E-state index is 12.4. The minimum Gasteiger partial charge on any atom is -0.480 e. The van der Waals surface area contributed by atoms with E-state index < -0.39 is 54.5 Å². The molecule has 0 aliphatic rings. The number of aliphatic imine (C=N–C) groups is 1. The van der Waals surface area contributed by atoms with Gasteiger partial charge in [-0.3, -0.25) is 19.4 Å². The van der Waals surface area contributed by atoms with Crippen molar-refractivity contribution >= 4 is 29.7 Å². The summed E-state index contributed by atoms with van der Waals surface area (Å²) in [5.74, 6) is -3.53. The zero-order valence-corrected chi connectivity index (χ0v) is 18.3. The molecule has 32 heavy (non-hydrogen) atoms. The van der Waals surface area contributed by atoms with Gasteiger partial charge in [0.1, 0.15) is 12.1 Å². The molecule has 14 heteroatoms. The maximum Gasteiger partial charge on any atom is 0.326 e. The van der Waals surface area contributed by atoms with Crippen molar-refractivity contribution in [2.75, 3.05) is 19.6 Å². The number of nitrogens with zero attached hydrogens (tertiary/aromatic N) is 1. The molecule has 184 valence electrons. The quantitative estimate of drug-likeness (QED) is 0.0612. The van der Waals surface area contributed by atoms with Crippen molar-refractivity contribution in [3.63, 3.8) is 0 Å². The summed E-state index contributed by atoms with van der Waals surface area (Å²) in [6, 6.07) is -3.49. The van der Waals surface area contributed by atoms with Gasteiger partial charge < -0.3 is 49.1 Å². The number of hydrogen-bond donors (Lipinski definition) is 9. The van der Waals surface area contributed by atoms with Crippen LogP contribution >= 0.6 is 0 Å². The van der Waals surface area contributed by atoms with Crippen LogP contribution in [0.4, 0.5) is 0 Å². The van der Waals surface area contributed by atoms with Crippen LogP contribution in [-0.2, 0) is 19.2 Å². The number of carbonyl (C=O) groups is 4. The highest BCUT2D eigenvalue weighted by atomic mass is 16.4. The minimum absolute atomic E-state index is 0.0679. The van der Waals surface area contributed by atoms with Crippen LogP contribution < -0.4 is 38.9 Å². The molecule has 0 fully saturated rings. The number of carbonyl (C=O) groups excluding carboxylic acids is 3. The first-order chi connectivity index (χ1) is 15.0. The largest absolute Gasteiger partial charge is 0.480 e. The normalized spacial score (nSPS) is 14.4. The summed E-state index contributed by atoms with van der Waals surface area (Å²) in [5, 5.41) is 26.0. The van der Waals surface area contributed by atoms with E-state index in [0.717, 1.165) is 0 Å². The van der Waals surface area contributed by atoms with Gasteiger partial charge in [-0.15, -0.1) is 0 Å². The third kappa shape index (κ3) is 12.7. The predicted octanol–water partition coefficient (Wildman–Crippen LogP) is -3.95. The van der Waals surface area contributed by atoms with E-state index in [0.29, 0.717) is 32.4 Å². The molecule has 0 aromatic heterocycles. The van der Waals surface area contributed by atoms with Crippen LogP contribution in [0, 0.1) is 0 Å². The smallest absolute Gasteiger partial charge is 0.326 e. The molecular formula is C18H36N8O6. The zero-order chi connectivity index (χ0) is 24.7. The number of amides is 3. The summed E-state index contributed by atoms with van der Waals surface area (Å²) in [6.45, 7) is 1.46. The highest BCUT2D eigenvalue weighted by Crippen LogP contribution is 2.03. The van der Waals surface area contributed by atoms with E-state index in [-0.39, 0.29) is 18.8 Å². The van der Waals surface area contributed by atoms with Crippen LogP contribution in [0.2, 0.25) is 0 Å². The SMILES string of the molecule is CC(O)C(NC(=O)CNC(=O)C(N)CCCN=C(N)N)C(=O)NC(CCCCN)C(=O)O. The van der Waals surface area contributed by atoms with Crippen molar-refractivity contribution in [3.8, 4) is 0 Å². The van der Waals surface area contributed by atoms with Crippen molar-refractivity contribution in [1.82, 2.24) is 16.0 Å². The molecule has 13 N–H and O–H groups in total. The van der Waals surface area contributed by atoms with E-state index in [9.17, 15) is 29.4 Å². The van der Waals surface area contributed by atoms with Crippen LogP contribution in [0.3, 0.4) is 0 Å². The van der Waals surface area contributed by atoms with Crippen LogP contribution in [-0.4, -0.2) is 83.7 Å². The Bertz CT molecular complexity index is 653. The number of guanidine groups is 1. The molecule has 4 atom stereocenters. The molecule has 0 aliphatic heterocycles. The highest BCUT2D eigenvalue weighted by molar-refractivity contribution is 5.92. The molecule has 0 saturated carbocycles. The Morgan fingerprint density at radius 1 is 1.00 bits per heavy atom. The molecule has 0 bridgehead atoms. The molecule has 0 heterocycles. The highest BCUT2D eigenvalue weighted by Gasteiger charge is 2.29. The zero-order valence-electron chi connectivity index (χ0n) is 18.3. The fourth-order valence-corrected chi connectivity index (χ4v) is 2.59. The Hall–Kier alpha value is -2.97. The lowest BCUT2D eigenvalue weighted by Crippen LogP contribution is -2.57. The number of nitrogens with two attached hydrogens (primary N) is 4. The first-order valence-electron chi connectivity index (χ1n) is 10.3. The molecule has 0 aromatic rings. The van der Waals surface area contributed by atoms with Gasteiger partial charge in [-0.1, -0.05) is 0 Å². The second kappa shape index (κ2) is 15.8. The summed E-state index contributed by atoms with van der Waals surface area (Å²) >= 11 is 0. The fraction of sp³-hybridized carbons (Fsp3) is 0.722.